The summed E-state index contributed by atoms with van der Waals surface area (Å²) in [5.74, 6) is 0.264. The number of ether oxygens (including phenoxy) is 1. The summed E-state index contributed by atoms with van der Waals surface area (Å²) in [5.41, 5.74) is 5.84. The number of anilines is 1. The largest absolute Gasteiger partial charge is 0.495 e. The summed E-state index contributed by atoms with van der Waals surface area (Å²) in [7, 11) is -2.19. The van der Waals surface area contributed by atoms with E-state index in [0.29, 0.717) is 0 Å². The van der Waals surface area contributed by atoms with Crippen LogP contribution in [0.5, 0.6) is 5.75 Å². The van der Waals surface area contributed by atoms with Gasteiger partial charge < -0.3 is 10.5 Å². The van der Waals surface area contributed by atoms with Crippen LogP contribution < -0.4 is 10.5 Å². The van der Waals surface area contributed by atoms with Crippen LogP contribution in [0, 0.1) is 0 Å². The van der Waals surface area contributed by atoms with Crippen molar-refractivity contribution in [3.63, 3.8) is 0 Å². The van der Waals surface area contributed by atoms with Gasteiger partial charge in [-0.2, -0.15) is 0 Å². The van der Waals surface area contributed by atoms with Crippen LogP contribution in [0.25, 0.3) is 0 Å². The first-order chi connectivity index (χ1) is 6.92. The minimum atomic E-state index is -3.58. The van der Waals surface area contributed by atoms with E-state index in [2.05, 4.69) is 6.58 Å². The molecule has 0 spiro atoms. The van der Waals surface area contributed by atoms with Gasteiger partial charge in [0.25, 0.3) is 0 Å². The first-order valence-electron chi connectivity index (χ1n) is 3.93. The van der Waals surface area contributed by atoms with Gasteiger partial charge in [-0.15, -0.1) is 0 Å². The molecule has 6 heteroatoms. The van der Waals surface area contributed by atoms with Crippen molar-refractivity contribution in [2.45, 2.75) is 4.90 Å². The number of hydrogen-bond donors (Lipinski definition) is 1. The number of halogens is 1. The topological polar surface area (TPSA) is 69.4 Å². The molecule has 0 radical (unpaired) electrons. The van der Waals surface area contributed by atoms with Crippen LogP contribution in [0.4, 0.5) is 5.69 Å². The zero-order valence-corrected chi connectivity index (χ0v) is 9.60. The molecule has 0 saturated carbocycles. The first-order valence-corrected chi connectivity index (χ1v) is 5.85. The van der Waals surface area contributed by atoms with E-state index in [0.717, 1.165) is 5.41 Å². The maximum atomic E-state index is 11.5. The molecule has 0 unspecified atom stereocenters. The Balaban J connectivity index is 3.51. The molecular weight excluding hydrogens is 238 g/mol. The Morgan fingerprint density at radius 1 is 1.53 bits per heavy atom. The molecule has 15 heavy (non-hydrogen) atoms. The molecule has 1 aromatic rings. The molecule has 0 fully saturated rings. The monoisotopic (exact) mass is 247 g/mol. The summed E-state index contributed by atoms with van der Waals surface area (Å²) in [6.07, 6.45) is 0. The molecule has 2 N–H and O–H groups in total. The molecule has 0 saturated heterocycles. The van der Waals surface area contributed by atoms with E-state index < -0.39 is 9.84 Å². The minimum Gasteiger partial charge on any atom is -0.495 e. The first kappa shape index (κ1) is 11.9. The van der Waals surface area contributed by atoms with Gasteiger partial charge in [-0.1, -0.05) is 18.2 Å². The van der Waals surface area contributed by atoms with Crippen molar-refractivity contribution in [2.24, 2.45) is 0 Å². The second-order valence-corrected chi connectivity index (χ2v) is 5.01. The molecule has 82 valence electrons. The average Bonchev–Trinajstić information content (AvgIpc) is 2.17. The molecule has 0 aliphatic heterocycles. The second kappa shape index (κ2) is 4.12. The Labute approximate surface area is 93.2 Å². The van der Waals surface area contributed by atoms with Crippen molar-refractivity contribution in [3.8, 4) is 5.75 Å². The van der Waals surface area contributed by atoms with E-state index in [-0.39, 0.29) is 21.4 Å². The predicted octanol–water partition coefficient (Wildman–Crippen LogP) is 1.85. The van der Waals surface area contributed by atoms with Gasteiger partial charge in [0.05, 0.1) is 22.7 Å². The van der Waals surface area contributed by atoms with Crippen molar-refractivity contribution in [3.05, 3.63) is 29.1 Å². The minimum absolute atomic E-state index is 0.0493. The van der Waals surface area contributed by atoms with E-state index in [9.17, 15) is 8.42 Å². The lowest BCUT2D eigenvalue weighted by Gasteiger charge is -2.08. The van der Waals surface area contributed by atoms with Crippen molar-refractivity contribution < 1.29 is 13.2 Å². The van der Waals surface area contributed by atoms with E-state index in [1.807, 2.05) is 0 Å². The van der Waals surface area contributed by atoms with Crippen LogP contribution in [0.15, 0.2) is 29.0 Å². The smallest absolute Gasteiger partial charge is 0.200 e. The maximum absolute atomic E-state index is 11.5. The molecule has 1 aromatic carbocycles. The number of methoxy groups -OCH3 is 1. The number of hydrogen-bond acceptors (Lipinski definition) is 4. The van der Waals surface area contributed by atoms with Crippen LogP contribution in [0.3, 0.4) is 0 Å². The van der Waals surface area contributed by atoms with Gasteiger partial charge in [-0.25, -0.2) is 8.42 Å². The summed E-state index contributed by atoms with van der Waals surface area (Å²) in [6.45, 7) is 3.21. The third-order valence-corrected chi connectivity index (χ3v) is 3.62. The van der Waals surface area contributed by atoms with Gasteiger partial charge >= 0.3 is 0 Å². The quantitative estimate of drug-likeness (QED) is 0.828. The van der Waals surface area contributed by atoms with Crippen LogP contribution >= 0.6 is 11.6 Å². The van der Waals surface area contributed by atoms with Crippen molar-refractivity contribution in [2.75, 3.05) is 12.8 Å². The molecule has 0 aliphatic rings. The molecule has 0 amide bonds. The highest BCUT2D eigenvalue weighted by molar-refractivity contribution is 7.94. The number of benzene rings is 1. The number of nitrogens with two attached hydrogens (primary N) is 1. The fourth-order valence-corrected chi connectivity index (χ4v) is 2.31. The third-order valence-electron chi connectivity index (χ3n) is 1.81. The lowest BCUT2D eigenvalue weighted by Crippen LogP contribution is -2.00. The molecule has 0 aromatic heterocycles. The van der Waals surface area contributed by atoms with E-state index >= 15 is 0 Å². The fourth-order valence-electron chi connectivity index (χ4n) is 1.03. The van der Waals surface area contributed by atoms with Crippen molar-refractivity contribution in [1.82, 2.24) is 0 Å². The van der Waals surface area contributed by atoms with Gasteiger partial charge in [0.1, 0.15) is 5.75 Å². The summed E-state index contributed by atoms with van der Waals surface area (Å²) < 4.78 is 27.9. The Hall–Kier alpha value is -1.20. The Morgan fingerprint density at radius 3 is 2.60 bits per heavy atom. The van der Waals surface area contributed by atoms with Gasteiger partial charge in [0.15, 0.2) is 0 Å². The highest BCUT2D eigenvalue weighted by Gasteiger charge is 2.17. The predicted molar refractivity (Wildman–Crippen MR) is 59.8 cm³/mol. The van der Waals surface area contributed by atoms with E-state index in [1.165, 1.54) is 19.2 Å². The molecule has 0 heterocycles. The van der Waals surface area contributed by atoms with Crippen LogP contribution in [0.1, 0.15) is 0 Å². The third kappa shape index (κ3) is 2.24. The number of nitrogen functional groups attached to an aromatic ring is 1. The molecular formula is C9H10ClNO3S. The van der Waals surface area contributed by atoms with E-state index in [4.69, 9.17) is 22.1 Å². The van der Waals surface area contributed by atoms with Crippen molar-refractivity contribution >= 4 is 27.1 Å². The zero-order chi connectivity index (χ0) is 11.6. The number of sulfone groups is 1. The van der Waals surface area contributed by atoms with E-state index in [1.54, 1.807) is 0 Å². The maximum Gasteiger partial charge on any atom is 0.200 e. The lowest BCUT2D eigenvalue weighted by atomic mass is 10.3. The second-order valence-electron chi connectivity index (χ2n) is 2.74. The Kier molecular flexibility index (Phi) is 3.26. The van der Waals surface area contributed by atoms with Crippen LogP contribution in [-0.2, 0) is 9.84 Å². The standard InChI is InChI=1S/C9H10ClNO3S/c1-3-15(12,13)9-5-8(14-2)7(11)4-6(9)10/h3-5H,1,11H2,2H3. The van der Waals surface area contributed by atoms with Gasteiger partial charge in [-0.3, -0.25) is 0 Å². The average molecular weight is 248 g/mol. The van der Waals surface area contributed by atoms with Crippen molar-refractivity contribution in [1.29, 1.82) is 0 Å². The Bertz CT molecular complexity index is 496. The van der Waals surface area contributed by atoms with Gasteiger partial charge in [0.2, 0.25) is 9.84 Å². The summed E-state index contributed by atoms with van der Waals surface area (Å²) in [6, 6.07) is 2.60. The van der Waals surface area contributed by atoms with Crippen LogP contribution in [0.2, 0.25) is 5.02 Å². The molecule has 0 atom stereocenters. The Morgan fingerprint density at radius 2 is 2.13 bits per heavy atom. The SMILES string of the molecule is C=CS(=O)(=O)c1cc(OC)c(N)cc1Cl. The normalized spacial score (nSPS) is 11.1. The van der Waals surface area contributed by atoms with Crippen LogP contribution in [-0.4, -0.2) is 15.5 Å². The summed E-state index contributed by atoms with van der Waals surface area (Å²) >= 11 is 5.76. The highest BCUT2D eigenvalue weighted by Crippen LogP contribution is 2.32. The summed E-state index contributed by atoms with van der Waals surface area (Å²) in [5, 5.41) is 0.873. The van der Waals surface area contributed by atoms with Gasteiger partial charge in [-0.05, 0) is 6.07 Å². The molecule has 0 aliphatic carbocycles. The fraction of sp³-hybridized carbons (Fsp3) is 0.111. The molecule has 4 nitrogen and oxygen atoms in total. The lowest BCUT2D eigenvalue weighted by molar-refractivity contribution is 0.415. The van der Waals surface area contributed by atoms with Gasteiger partial charge in [0, 0.05) is 11.5 Å². The molecule has 1 rings (SSSR count). The molecule has 0 bridgehead atoms. The zero-order valence-electron chi connectivity index (χ0n) is 8.03. The summed E-state index contributed by atoms with van der Waals surface area (Å²) in [4.78, 5) is -0.0646. The highest BCUT2D eigenvalue weighted by atomic mass is 35.5. The number of rotatable bonds is 3.